The lowest BCUT2D eigenvalue weighted by Crippen LogP contribution is -2.32. The summed E-state index contributed by atoms with van der Waals surface area (Å²) in [5.74, 6) is 0.726. The van der Waals surface area contributed by atoms with E-state index in [9.17, 15) is 8.42 Å². The maximum absolute atomic E-state index is 12.3. The fourth-order valence-corrected chi connectivity index (χ4v) is 4.97. The molecule has 1 unspecified atom stereocenters. The fourth-order valence-electron chi connectivity index (χ4n) is 2.35. The summed E-state index contributed by atoms with van der Waals surface area (Å²) in [7, 11) is -3.35. The van der Waals surface area contributed by atoms with E-state index in [0.29, 0.717) is 10.3 Å². The molecule has 1 aromatic rings. The van der Waals surface area contributed by atoms with Gasteiger partial charge in [-0.3, -0.25) is 0 Å². The van der Waals surface area contributed by atoms with Crippen molar-refractivity contribution < 1.29 is 8.42 Å². The Bertz CT molecular complexity index is 548. The van der Waals surface area contributed by atoms with Crippen LogP contribution in [0.1, 0.15) is 44.9 Å². The molecule has 0 aliphatic heterocycles. The van der Waals surface area contributed by atoms with Gasteiger partial charge in [-0.05, 0) is 37.8 Å². The molecule has 1 aromatic heterocycles. The standard InChI is InChI=1S/C15H26N2O2S2/c1-11(2)16-9-8-14-6-7-15(20-14)21(18,19)17-12(3)10-13-4-5-13/h6-7,11-13,16-17H,4-5,8-10H2,1-3H3. The van der Waals surface area contributed by atoms with Gasteiger partial charge in [0.05, 0.1) is 0 Å². The molecular weight excluding hydrogens is 304 g/mol. The fraction of sp³-hybridized carbons (Fsp3) is 0.733. The van der Waals surface area contributed by atoms with Crippen LogP contribution in [0.5, 0.6) is 0 Å². The average molecular weight is 331 g/mol. The first-order chi connectivity index (χ1) is 9.87. The van der Waals surface area contributed by atoms with E-state index in [1.807, 2.05) is 13.0 Å². The Hall–Kier alpha value is -0.430. The molecule has 120 valence electrons. The molecule has 1 heterocycles. The van der Waals surface area contributed by atoms with Crippen LogP contribution in [0, 0.1) is 5.92 Å². The molecule has 0 bridgehead atoms. The largest absolute Gasteiger partial charge is 0.314 e. The third-order valence-corrected chi connectivity index (χ3v) is 6.79. The molecule has 2 rings (SSSR count). The second-order valence-electron chi connectivity index (χ2n) is 6.28. The van der Waals surface area contributed by atoms with Gasteiger partial charge < -0.3 is 5.32 Å². The van der Waals surface area contributed by atoms with Gasteiger partial charge in [-0.1, -0.05) is 26.7 Å². The molecule has 21 heavy (non-hydrogen) atoms. The number of hydrogen-bond donors (Lipinski definition) is 2. The summed E-state index contributed by atoms with van der Waals surface area (Å²) < 4.78 is 27.9. The lowest BCUT2D eigenvalue weighted by Gasteiger charge is -2.12. The molecular formula is C15H26N2O2S2. The second-order valence-corrected chi connectivity index (χ2v) is 9.39. The third-order valence-electron chi connectivity index (χ3n) is 3.57. The third kappa shape index (κ3) is 5.70. The van der Waals surface area contributed by atoms with Crippen LogP contribution >= 0.6 is 11.3 Å². The quantitative estimate of drug-likeness (QED) is 0.732. The zero-order valence-electron chi connectivity index (χ0n) is 13.1. The summed E-state index contributed by atoms with van der Waals surface area (Å²) >= 11 is 1.38. The molecule has 0 radical (unpaired) electrons. The predicted octanol–water partition coefficient (Wildman–Crippen LogP) is 2.76. The Balaban J connectivity index is 1.88. The summed E-state index contributed by atoms with van der Waals surface area (Å²) in [6.07, 6.45) is 4.32. The van der Waals surface area contributed by atoms with Gasteiger partial charge in [-0.15, -0.1) is 11.3 Å². The van der Waals surface area contributed by atoms with Crippen LogP contribution in [0.4, 0.5) is 0 Å². The van der Waals surface area contributed by atoms with Gasteiger partial charge in [0.1, 0.15) is 4.21 Å². The predicted molar refractivity (Wildman–Crippen MR) is 88.3 cm³/mol. The summed E-state index contributed by atoms with van der Waals surface area (Å²) in [4.78, 5) is 1.11. The smallest absolute Gasteiger partial charge is 0.250 e. The van der Waals surface area contributed by atoms with Crippen LogP contribution in [0.25, 0.3) is 0 Å². The number of sulfonamides is 1. The van der Waals surface area contributed by atoms with Crippen LogP contribution in [0.2, 0.25) is 0 Å². The normalized spacial score (nSPS) is 17.3. The van der Waals surface area contributed by atoms with E-state index in [2.05, 4.69) is 23.9 Å². The first kappa shape index (κ1) is 16.9. The van der Waals surface area contributed by atoms with E-state index in [-0.39, 0.29) is 6.04 Å². The van der Waals surface area contributed by atoms with Crippen molar-refractivity contribution in [2.45, 2.75) is 62.7 Å². The molecule has 0 spiro atoms. The van der Waals surface area contributed by atoms with Crippen molar-refractivity contribution in [2.24, 2.45) is 5.92 Å². The van der Waals surface area contributed by atoms with Gasteiger partial charge >= 0.3 is 0 Å². The van der Waals surface area contributed by atoms with Crippen molar-refractivity contribution >= 4 is 21.4 Å². The molecule has 0 saturated heterocycles. The summed E-state index contributed by atoms with van der Waals surface area (Å²) in [6, 6.07) is 4.13. The van der Waals surface area contributed by atoms with Crippen LogP contribution in [-0.2, 0) is 16.4 Å². The van der Waals surface area contributed by atoms with Crippen LogP contribution in [-0.4, -0.2) is 27.0 Å². The second kappa shape index (κ2) is 7.22. The Kier molecular flexibility index (Phi) is 5.82. The van der Waals surface area contributed by atoms with Gasteiger partial charge in [0.15, 0.2) is 0 Å². The first-order valence-corrected chi connectivity index (χ1v) is 10.0. The molecule has 0 aromatic carbocycles. The number of hydrogen-bond acceptors (Lipinski definition) is 4. The molecule has 1 atom stereocenters. The van der Waals surface area contributed by atoms with Gasteiger partial charge in [0.25, 0.3) is 0 Å². The average Bonchev–Trinajstić information content (AvgIpc) is 3.03. The molecule has 1 aliphatic rings. The van der Waals surface area contributed by atoms with E-state index in [1.54, 1.807) is 6.07 Å². The van der Waals surface area contributed by atoms with Crippen LogP contribution in [0.3, 0.4) is 0 Å². The minimum absolute atomic E-state index is 0.0238. The first-order valence-electron chi connectivity index (χ1n) is 7.71. The van der Waals surface area contributed by atoms with E-state index < -0.39 is 10.0 Å². The monoisotopic (exact) mass is 330 g/mol. The zero-order chi connectivity index (χ0) is 15.5. The summed E-state index contributed by atoms with van der Waals surface area (Å²) in [6.45, 7) is 7.05. The Morgan fingerprint density at radius 1 is 1.29 bits per heavy atom. The van der Waals surface area contributed by atoms with Crippen molar-refractivity contribution in [2.75, 3.05) is 6.54 Å². The van der Waals surface area contributed by atoms with Crippen molar-refractivity contribution in [3.8, 4) is 0 Å². The minimum Gasteiger partial charge on any atom is -0.314 e. The van der Waals surface area contributed by atoms with Crippen molar-refractivity contribution in [1.29, 1.82) is 0 Å². The molecule has 1 aliphatic carbocycles. The minimum atomic E-state index is -3.35. The van der Waals surface area contributed by atoms with Gasteiger partial charge in [-0.25, -0.2) is 13.1 Å². The van der Waals surface area contributed by atoms with E-state index in [4.69, 9.17) is 0 Å². The van der Waals surface area contributed by atoms with E-state index >= 15 is 0 Å². The summed E-state index contributed by atoms with van der Waals surface area (Å²) in [5.41, 5.74) is 0. The topological polar surface area (TPSA) is 58.2 Å². The van der Waals surface area contributed by atoms with Gasteiger partial charge in [-0.2, -0.15) is 0 Å². The molecule has 6 heteroatoms. The van der Waals surface area contributed by atoms with E-state index in [1.165, 1.54) is 24.2 Å². The highest BCUT2D eigenvalue weighted by Crippen LogP contribution is 2.33. The van der Waals surface area contributed by atoms with Crippen LogP contribution in [0.15, 0.2) is 16.3 Å². The molecule has 0 amide bonds. The highest BCUT2D eigenvalue weighted by atomic mass is 32.2. The maximum atomic E-state index is 12.3. The van der Waals surface area contributed by atoms with Crippen LogP contribution < -0.4 is 10.0 Å². The Labute approximate surface area is 132 Å². The Morgan fingerprint density at radius 3 is 2.62 bits per heavy atom. The molecule has 1 saturated carbocycles. The summed E-state index contributed by atoms with van der Waals surface area (Å²) in [5, 5.41) is 3.34. The van der Waals surface area contributed by atoms with Gasteiger partial charge in [0.2, 0.25) is 10.0 Å². The van der Waals surface area contributed by atoms with Gasteiger partial charge in [0, 0.05) is 23.5 Å². The number of rotatable bonds is 9. The lowest BCUT2D eigenvalue weighted by atomic mass is 10.2. The maximum Gasteiger partial charge on any atom is 0.250 e. The van der Waals surface area contributed by atoms with Crippen molar-refractivity contribution in [3.63, 3.8) is 0 Å². The lowest BCUT2D eigenvalue weighted by molar-refractivity contribution is 0.531. The van der Waals surface area contributed by atoms with E-state index in [0.717, 1.165) is 30.2 Å². The molecule has 4 nitrogen and oxygen atoms in total. The Morgan fingerprint density at radius 2 is 2.00 bits per heavy atom. The SMILES string of the molecule is CC(C)NCCc1ccc(S(=O)(=O)NC(C)CC2CC2)s1. The number of nitrogens with one attached hydrogen (secondary N) is 2. The number of thiophene rings is 1. The van der Waals surface area contributed by atoms with Crippen molar-refractivity contribution in [3.05, 3.63) is 17.0 Å². The highest BCUT2D eigenvalue weighted by Gasteiger charge is 2.26. The zero-order valence-corrected chi connectivity index (χ0v) is 14.7. The molecule has 2 N–H and O–H groups in total. The molecule has 1 fully saturated rings. The van der Waals surface area contributed by atoms with Crippen molar-refractivity contribution in [1.82, 2.24) is 10.0 Å². The highest BCUT2D eigenvalue weighted by molar-refractivity contribution is 7.91.